The molecule has 4 bridgehead atoms. The van der Waals surface area contributed by atoms with Crippen molar-refractivity contribution < 1.29 is 18.3 Å². The minimum atomic E-state index is -2.64. The predicted molar refractivity (Wildman–Crippen MR) is 123 cm³/mol. The summed E-state index contributed by atoms with van der Waals surface area (Å²) in [6.07, 6.45) is 2.13. The van der Waals surface area contributed by atoms with Crippen LogP contribution in [0, 0.1) is 0 Å². The van der Waals surface area contributed by atoms with Gasteiger partial charge in [0.15, 0.2) is 5.82 Å². The van der Waals surface area contributed by atoms with Crippen molar-refractivity contribution in [1.82, 2.24) is 24.7 Å². The lowest BCUT2D eigenvalue weighted by Crippen LogP contribution is -2.33. The molecule has 0 saturated heterocycles. The van der Waals surface area contributed by atoms with E-state index in [-0.39, 0.29) is 30.4 Å². The predicted octanol–water partition coefficient (Wildman–Crippen LogP) is 4.83. The van der Waals surface area contributed by atoms with E-state index in [2.05, 4.69) is 25.5 Å². The zero-order valence-corrected chi connectivity index (χ0v) is 18.4. The molecule has 1 N–H and O–H groups in total. The summed E-state index contributed by atoms with van der Waals surface area (Å²) in [5.41, 5.74) is 2.78. The van der Waals surface area contributed by atoms with Crippen LogP contribution in [-0.2, 0) is 11.3 Å². The topological polar surface area (TPSA) is 94.8 Å². The monoisotopic (exact) mass is 474 g/mol. The van der Waals surface area contributed by atoms with Gasteiger partial charge in [-0.3, -0.25) is 9.78 Å². The highest BCUT2D eigenvalue weighted by Crippen LogP contribution is 2.37. The average molecular weight is 474 g/mol. The van der Waals surface area contributed by atoms with Crippen LogP contribution in [0.2, 0.25) is 0 Å². The van der Waals surface area contributed by atoms with Gasteiger partial charge in [0.2, 0.25) is 0 Å². The maximum Gasteiger partial charge on any atom is 0.280 e. The number of hydrogen-bond acceptors (Lipinski definition) is 6. The molecule has 10 heteroatoms. The molecule has 176 valence electrons. The fraction of sp³-hybridized carbons (Fsp3) is 0.240. The van der Waals surface area contributed by atoms with Crippen LogP contribution >= 0.6 is 0 Å². The first-order valence-electron chi connectivity index (χ1n) is 11.2. The first kappa shape index (κ1) is 21.5. The molecule has 1 aliphatic carbocycles. The Morgan fingerprint density at radius 2 is 1.94 bits per heavy atom. The van der Waals surface area contributed by atoms with E-state index in [0.717, 1.165) is 18.4 Å². The van der Waals surface area contributed by atoms with Crippen molar-refractivity contribution in [1.29, 1.82) is 0 Å². The van der Waals surface area contributed by atoms with Gasteiger partial charge in [0.1, 0.15) is 23.5 Å². The first-order chi connectivity index (χ1) is 17.0. The summed E-state index contributed by atoms with van der Waals surface area (Å²) in [7, 11) is 0. The second-order valence-corrected chi connectivity index (χ2v) is 8.63. The summed E-state index contributed by atoms with van der Waals surface area (Å²) < 4.78 is 33.9. The van der Waals surface area contributed by atoms with Crippen LogP contribution in [0.25, 0.3) is 22.6 Å². The van der Waals surface area contributed by atoms with Gasteiger partial charge in [0.05, 0.1) is 12.7 Å². The van der Waals surface area contributed by atoms with Gasteiger partial charge in [-0.05, 0) is 48.2 Å². The molecule has 2 aliphatic heterocycles. The summed E-state index contributed by atoms with van der Waals surface area (Å²) in [6.45, 7) is 0.269. The Morgan fingerprint density at radius 1 is 1.09 bits per heavy atom. The number of rotatable bonds is 2. The van der Waals surface area contributed by atoms with Crippen molar-refractivity contribution in [2.24, 2.45) is 0 Å². The van der Waals surface area contributed by atoms with Gasteiger partial charge >= 0.3 is 0 Å². The lowest BCUT2D eigenvalue weighted by atomic mass is 9.88. The van der Waals surface area contributed by atoms with Crippen LogP contribution in [0.4, 0.5) is 14.6 Å². The van der Waals surface area contributed by atoms with Crippen molar-refractivity contribution in [3.05, 3.63) is 77.9 Å². The van der Waals surface area contributed by atoms with E-state index in [4.69, 9.17) is 4.74 Å². The molecule has 1 amide bonds. The summed E-state index contributed by atoms with van der Waals surface area (Å²) in [6, 6.07) is 13.8. The first-order valence-corrected chi connectivity index (χ1v) is 11.2. The van der Waals surface area contributed by atoms with Crippen molar-refractivity contribution in [3.63, 3.8) is 0 Å². The van der Waals surface area contributed by atoms with Gasteiger partial charge in [-0.2, -0.15) is 0 Å². The highest BCUT2D eigenvalue weighted by atomic mass is 19.3. The quantitative estimate of drug-likeness (QED) is 0.447. The maximum absolute atomic E-state index is 13.3. The standard InChI is InChI=1S/C25H20F2N6O2/c26-23(27)20-7-6-15(11-28-20)14-4-5-16-12-35-18-9-17(10-18)33-13-29-32-24(33)21-2-1-3-22(30-21)31-25(34)19(16)8-14/h1-8,11,13,17-18,23H,9-10,12H2,(H,30,31,34). The number of hydrogen-bond donors (Lipinski definition) is 1. The molecular formula is C25H20F2N6O2. The van der Waals surface area contributed by atoms with Crippen molar-refractivity contribution >= 4 is 11.7 Å². The van der Waals surface area contributed by atoms with Gasteiger partial charge in [-0.1, -0.05) is 24.3 Å². The average Bonchev–Trinajstić information content (AvgIpc) is 3.32. The number of carbonyl (C=O) groups is 1. The zero-order valence-electron chi connectivity index (χ0n) is 18.4. The second kappa shape index (κ2) is 8.62. The van der Waals surface area contributed by atoms with Crippen molar-refractivity contribution in [2.75, 3.05) is 5.32 Å². The number of nitrogens with zero attached hydrogens (tertiary/aromatic N) is 5. The number of amides is 1. The number of halogens is 2. The smallest absolute Gasteiger partial charge is 0.280 e. The number of pyridine rings is 2. The number of ether oxygens (including phenoxy) is 1. The number of alkyl halides is 2. The SMILES string of the molecule is O=C1Nc2cccc(n2)-c2nncn2C2CC(C2)OCc2ccc(-c3ccc(C(F)F)nc3)cc21. The number of anilines is 1. The van der Waals surface area contributed by atoms with Crippen molar-refractivity contribution in [3.8, 4) is 22.6 Å². The Bertz CT molecular complexity index is 1400. The Balaban J connectivity index is 1.38. The molecular weight excluding hydrogens is 454 g/mol. The maximum atomic E-state index is 13.3. The van der Waals surface area contributed by atoms with E-state index >= 15 is 0 Å². The molecule has 8 nitrogen and oxygen atoms in total. The Morgan fingerprint density at radius 3 is 2.74 bits per heavy atom. The Hall–Kier alpha value is -4.05. The summed E-state index contributed by atoms with van der Waals surface area (Å²) in [4.78, 5) is 21.8. The lowest BCUT2D eigenvalue weighted by molar-refractivity contribution is -0.0355. The van der Waals surface area contributed by atoms with Gasteiger partial charge in [0.25, 0.3) is 12.3 Å². The van der Waals surface area contributed by atoms with E-state index in [1.165, 1.54) is 12.3 Å². The molecule has 1 fully saturated rings. The molecule has 0 unspecified atom stereocenters. The number of aromatic nitrogens is 5. The van der Waals surface area contributed by atoms with Gasteiger partial charge < -0.3 is 14.6 Å². The molecule has 35 heavy (non-hydrogen) atoms. The molecule has 0 radical (unpaired) electrons. The fourth-order valence-corrected chi connectivity index (χ4v) is 4.41. The molecule has 1 aromatic carbocycles. The normalized spacial score (nSPS) is 19.2. The second-order valence-electron chi connectivity index (χ2n) is 8.63. The highest BCUT2D eigenvalue weighted by Gasteiger charge is 2.33. The van der Waals surface area contributed by atoms with Crippen LogP contribution < -0.4 is 5.32 Å². The largest absolute Gasteiger partial charge is 0.373 e. The van der Waals surface area contributed by atoms with Gasteiger partial charge in [-0.25, -0.2) is 13.8 Å². The molecule has 1 saturated carbocycles. The molecule has 3 aromatic heterocycles. The van der Waals surface area contributed by atoms with Crippen molar-refractivity contribution in [2.45, 2.75) is 38.0 Å². The summed E-state index contributed by atoms with van der Waals surface area (Å²) >= 11 is 0. The third kappa shape index (κ3) is 4.06. The number of benzene rings is 1. The van der Waals surface area contributed by atoms with E-state index < -0.39 is 6.43 Å². The lowest BCUT2D eigenvalue weighted by Gasteiger charge is -2.36. The molecule has 0 spiro atoms. The van der Waals surface area contributed by atoms with Gasteiger partial charge in [0, 0.05) is 23.4 Å². The summed E-state index contributed by atoms with van der Waals surface area (Å²) in [5, 5.41) is 11.2. The van der Waals surface area contributed by atoms with Gasteiger partial charge in [-0.15, -0.1) is 10.2 Å². The minimum absolute atomic E-state index is 0.0548. The van der Waals surface area contributed by atoms with Crippen LogP contribution in [-0.4, -0.2) is 36.7 Å². The zero-order chi connectivity index (χ0) is 23.9. The van der Waals surface area contributed by atoms with Crippen LogP contribution in [0.15, 0.2) is 61.1 Å². The molecule has 5 heterocycles. The minimum Gasteiger partial charge on any atom is -0.373 e. The van der Waals surface area contributed by atoms with Crippen LogP contribution in [0.1, 0.15) is 46.9 Å². The summed E-state index contributed by atoms with van der Waals surface area (Å²) in [5.74, 6) is 0.673. The molecule has 4 aromatic rings. The van der Waals surface area contributed by atoms with Crippen LogP contribution in [0.3, 0.4) is 0 Å². The van der Waals surface area contributed by atoms with E-state index in [0.29, 0.717) is 34.0 Å². The van der Waals surface area contributed by atoms with Crippen LogP contribution in [0.5, 0.6) is 0 Å². The third-order valence-electron chi connectivity index (χ3n) is 6.43. The third-order valence-corrected chi connectivity index (χ3v) is 6.43. The molecule has 0 atom stereocenters. The Labute approximate surface area is 199 Å². The molecule has 3 aliphatic rings. The number of fused-ring (bicyclic) bond motifs is 2. The highest BCUT2D eigenvalue weighted by molar-refractivity contribution is 6.05. The van der Waals surface area contributed by atoms with E-state index in [1.807, 2.05) is 28.8 Å². The fourth-order valence-electron chi connectivity index (χ4n) is 4.41. The van der Waals surface area contributed by atoms with E-state index in [1.54, 1.807) is 24.5 Å². The number of carbonyl (C=O) groups excluding carboxylic acids is 1. The Kier molecular flexibility index (Phi) is 5.29. The number of nitrogens with one attached hydrogen (secondary N) is 1. The van der Waals surface area contributed by atoms with E-state index in [9.17, 15) is 13.6 Å². The molecule has 7 rings (SSSR count).